The summed E-state index contributed by atoms with van der Waals surface area (Å²) in [7, 11) is 8.61. The lowest BCUT2D eigenvalue weighted by molar-refractivity contribution is -0.131. The highest BCUT2D eigenvalue weighted by atomic mass is 19.1. The molecule has 0 aromatic carbocycles. The van der Waals surface area contributed by atoms with E-state index in [0.717, 1.165) is 13.4 Å². The predicted molar refractivity (Wildman–Crippen MR) is 118 cm³/mol. The molecular weight excluding hydrogens is 389 g/mol. The lowest BCUT2D eigenvalue weighted by atomic mass is 9.95. The Bertz CT molecular complexity index is 579. The number of hydrogen-bond donors (Lipinski definition) is 1. The summed E-state index contributed by atoms with van der Waals surface area (Å²) >= 11 is 0. The van der Waals surface area contributed by atoms with Crippen molar-refractivity contribution in [3.05, 3.63) is 0 Å². The highest BCUT2D eigenvalue weighted by Crippen LogP contribution is 2.24. The number of amides is 1. The molecule has 1 unspecified atom stereocenters. The van der Waals surface area contributed by atoms with Crippen molar-refractivity contribution in [1.29, 1.82) is 0 Å². The first-order chi connectivity index (χ1) is 13.8. The Kier molecular flexibility index (Phi) is 14.4. The van der Waals surface area contributed by atoms with Gasteiger partial charge >= 0.3 is 0 Å². The monoisotopic (exact) mass is 429 g/mol. The normalized spacial score (nSPS) is 16.4. The molecule has 174 valence electrons. The fourth-order valence-corrected chi connectivity index (χ4v) is 2.47. The first kappa shape index (κ1) is 30.4. The molecule has 1 aliphatic rings. The van der Waals surface area contributed by atoms with E-state index in [0.29, 0.717) is 12.2 Å². The van der Waals surface area contributed by atoms with Crippen molar-refractivity contribution in [3.63, 3.8) is 0 Å². The molecule has 1 saturated heterocycles. The molecule has 0 radical (unpaired) electrons. The van der Waals surface area contributed by atoms with Crippen molar-refractivity contribution in [2.24, 2.45) is 5.92 Å². The van der Waals surface area contributed by atoms with Gasteiger partial charge in [-0.3, -0.25) is 19.4 Å². The van der Waals surface area contributed by atoms with E-state index in [4.69, 9.17) is 5.11 Å². The van der Waals surface area contributed by atoms with Crippen LogP contribution in [0.5, 0.6) is 0 Å². The van der Waals surface area contributed by atoms with Crippen LogP contribution in [-0.2, 0) is 14.4 Å². The van der Waals surface area contributed by atoms with Gasteiger partial charge in [0.15, 0.2) is 12.0 Å². The lowest BCUT2D eigenvalue weighted by Gasteiger charge is -2.32. The molecule has 0 aliphatic carbocycles. The average Bonchev–Trinajstić information content (AvgIpc) is 2.68. The molecule has 1 fully saturated rings. The second-order valence-electron chi connectivity index (χ2n) is 8.48. The first-order valence-electron chi connectivity index (χ1n) is 10.0. The number of aldehydes is 2. The number of likely N-dealkylation sites (tertiary alicyclic amines) is 1. The standard InChI is InChI=1S/C14H21FN2O2.C7H15NO.CH4O/c1-13(2,16(3)4)6-5-12(19)17-9-7-14(15,11-18)8-10-17;1-6(2)7(5-9)8(3)4;1-2/h11H,7-10H2,1-4H3;5-7H,1-4H3;2H,1H3. The molecule has 1 atom stereocenters. The number of likely N-dealkylation sites (N-methyl/N-ethyl adjacent to an activating group) is 1. The van der Waals surface area contributed by atoms with Gasteiger partial charge in [0.05, 0.1) is 11.6 Å². The molecule has 8 heteroatoms. The SMILES string of the molecule is CC(C)C(C=O)N(C)C.CN(C)C(C)(C)C#CC(=O)N1CCC(F)(C=O)CC1.CO. The van der Waals surface area contributed by atoms with Gasteiger partial charge in [0.2, 0.25) is 0 Å². The molecule has 1 rings (SSSR count). The van der Waals surface area contributed by atoms with Crippen molar-refractivity contribution >= 4 is 18.5 Å². The summed E-state index contributed by atoms with van der Waals surface area (Å²) < 4.78 is 13.7. The highest BCUT2D eigenvalue weighted by molar-refractivity contribution is 5.94. The minimum Gasteiger partial charge on any atom is -0.400 e. The molecule has 0 aromatic rings. The zero-order valence-corrected chi connectivity index (χ0v) is 20.0. The molecule has 1 aliphatic heterocycles. The van der Waals surface area contributed by atoms with Crippen LogP contribution in [0.25, 0.3) is 0 Å². The van der Waals surface area contributed by atoms with Gasteiger partial charge in [0.25, 0.3) is 5.91 Å². The van der Waals surface area contributed by atoms with Crippen LogP contribution in [0.3, 0.4) is 0 Å². The minimum absolute atomic E-state index is 0.0565. The third-order valence-corrected chi connectivity index (χ3v) is 5.11. The van der Waals surface area contributed by atoms with Crippen LogP contribution in [0.1, 0.15) is 40.5 Å². The van der Waals surface area contributed by atoms with Gasteiger partial charge in [-0.05, 0) is 53.9 Å². The smallest absolute Gasteiger partial charge is 0.298 e. The summed E-state index contributed by atoms with van der Waals surface area (Å²) in [4.78, 5) is 38.2. The summed E-state index contributed by atoms with van der Waals surface area (Å²) in [6.45, 7) is 8.40. The van der Waals surface area contributed by atoms with E-state index in [9.17, 15) is 18.8 Å². The van der Waals surface area contributed by atoms with E-state index >= 15 is 0 Å². The zero-order chi connectivity index (χ0) is 24.1. The highest BCUT2D eigenvalue weighted by Gasteiger charge is 2.35. The van der Waals surface area contributed by atoms with Crippen molar-refractivity contribution in [2.45, 2.75) is 57.8 Å². The van der Waals surface area contributed by atoms with Crippen LogP contribution < -0.4 is 0 Å². The summed E-state index contributed by atoms with van der Waals surface area (Å²) in [6, 6.07) is 0.0741. The number of carbonyl (C=O) groups excluding carboxylic acids is 3. The molecule has 1 amide bonds. The van der Waals surface area contributed by atoms with E-state index in [2.05, 4.69) is 11.8 Å². The van der Waals surface area contributed by atoms with Gasteiger partial charge in [0, 0.05) is 33.0 Å². The number of hydrogen-bond acceptors (Lipinski definition) is 6. The Morgan fingerprint density at radius 2 is 1.60 bits per heavy atom. The van der Waals surface area contributed by atoms with Gasteiger partial charge in [-0.15, -0.1) is 0 Å². The molecular formula is C22H40FN3O4. The quantitative estimate of drug-likeness (QED) is 0.523. The number of nitrogens with zero attached hydrogens (tertiary/aromatic N) is 3. The van der Waals surface area contributed by atoms with E-state index < -0.39 is 11.2 Å². The maximum Gasteiger partial charge on any atom is 0.298 e. The Hall–Kier alpha value is -1.82. The van der Waals surface area contributed by atoms with Crippen LogP contribution >= 0.6 is 0 Å². The zero-order valence-electron chi connectivity index (χ0n) is 20.0. The van der Waals surface area contributed by atoms with Crippen molar-refractivity contribution < 1.29 is 23.9 Å². The van der Waals surface area contributed by atoms with Crippen LogP contribution in [0.2, 0.25) is 0 Å². The van der Waals surface area contributed by atoms with E-state index in [1.165, 1.54) is 4.90 Å². The second-order valence-corrected chi connectivity index (χ2v) is 8.48. The molecule has 7 nitrogen and oxygen atoms in total. The topological polar surface area (TPSA) is 81.2 Å². The Morgan fingerprint density at radius 3 is 1.87 bits per heavy atom. The maximum atomic E-state index is 13.7. The summed E-state index contributed by atoms with van der Waals surface area (Å²) in [6.07, 6.45) is 1.45. The average molecular weight is 430 g/mol. The van der Waals surface area contributed by atoms with E-state index in [1.807, 2.05) is 65.7 Å². The van der Waals surface area contributed by atoms with Crippen LogP contribution in [-0.4, -0.2) is 104 Å². The fraction of sp³-hybridized carbons (Fsp3) is 0.773. The van der Waals surface area contributed by atoms with E-state index in [-0.39, 0.29) is 37.9 Å². The number of piperidine rings is 1. The van der Waals surface area contributed by atoms with Crippen LogP contribution in [0, 0.1) is 17.8 Å². The summed E-state index contributed by atoms with van der Waals surface area (Å²) in [5.74, 6) is 5.63. The first-order valence-corrected chi connectivity index (χ1v) is 10.0. The van der Waals surface area contributed by atoms with Gasteiger partial charge in [0.1, 0.15) is 6.29 Å². The molecule has 0 saturated carbocycles. The molecule has 30 heavy (non-hydrogen) atoms. The number of carbonyl (C=O) groups is 3. The van der Waals surface area contributed by atoms with Gasteiger partial charge < -0.3 is 14.8 Å². The minimum atomic E-state index is -1.77. The number of alkyl halides is 1. The number of aliphatic hydroxyl groups is 1. The Labute approximate surface area is 181 Å². The Morgan fingerprint density at radius 1 is 1.13 bits per heavy atom. The van der Waals surface area contributed by atoms with Gasteiger partial charge in [-0.1, -0.05) is 19.8 Å². The molecule has 0 bridgehead atoms. The van der Waals surface area contributed by atoms with Crippen molar-refractivity contribution in [2.75, 3.05) is 48.4 Å². The van der Waals surface area contributed by atoms with Crippen LogP contribution in [0.4, 0.5) is 4.39 Å². The number of halogens is 1. The third kappa shape index (κ3) is 10.8. The largest absolute Gasteiger partial charge is 0.400 e. The van der Waals surface area contributed by atoms with Crippen molar-refractivity contribution in [1.82, 2.24) is 14.7 Å². The predicted octanol–water partition coefficient (Wildman–Crippen LogP) is 1.24. The third-order valence-electron chi connectivity index (χ3n) is 5.11. The molecule has 1 N–H and O–H groups in total. The van der Waals surface area contributed by atoms with Crippen molar-refractivity contribution in [3.8, 4) is 11.8 Å². The van der Waals surface area contributed by atoms with Gasteiger partial charge in [-0.25, -0.2) is 4.39 Å². The second kappa shape index (κ2) is 14.2. The van der Waals surface area contributed by atoms with E-state index in [1.54, 1.807) is 0 Å². The fourth-order valence-electron chi connectivity index (χ4n) is 2.47. The summed E-state index contributed by atoms with van der Waals surface area (Å²) in [5.41, 5.74) is -2.16. The molecule has 0 spiro atoms. The summed E-state index contributed by atoms with van der Waals surface area (Å²) in [5, 5.41) is 7.00. The number of aliphatic hydroxyl groups excluding tert-OH is 1. The number of rotatable bonds is 5. The Balaban J connectivity index is 0. The molecule has 1 heterocycles. The lowest BCUT2D eigenvalue weighted by Crippen LogP contribution is -2.45. The maximum absolute atomic E-state index is 13.7. The molecule has 0 aromatic heterocycles. The van der Waals surface area contributed by atoms with Crippen LogP contribution in [0.15, 0.2) is 0 Å². The van der Waals surface area contributed by atoms with Gasteiger partial charge in [-0.2, -0.15) is 0 Å².